The molecule has 0 heterocycles. The summed E-state index contributed by atoms with van der Waals surface area (Å²) in [4.78, 5) is 33.4. The van der Waals surface area contributed by atoms with Gasteiger partial charge < -0.3 is 20.1 Å². The molecule has 40 heavy (non-hydrogen) atoms. The Kier molecular flexibility index (Phi) is 27.0. The monoisotopic (exact) mass is 591 g/mol. The molecule has 0 aliphatic rings. The Hall–Kier alpha value is -1.25. The van der Waals surface area contributed by atoms with E-state index in [0.717, 1.165) is 57.8 Å². The van der Waals surface area contributed by atoms with E-state index in [4.69, 9.17) is 13.8 Å². The first-order valence-corrected chi connectivity index (χ1v) is 17.2. The molecule has 0 fully saturated rings. The number of aliphatic hydroxyl groups excluding tert-OH is 1. The van der Waals surface area contributed by atoms with Gasteiger partial charge in [-0.2, -0.15) is 0 Å². The highest BCUT2D eigenvalue weighted by molar-refractivity contribution is 7.47. The first-order valence-electron chi connectivity index (χ1n) is 15.7. The first kappa shape index (κ1) is 38.8. The molecule has 9 nitrogen and oxygen atoms in total. The van der Waals surface area contributed by atoms with Crippen LogP contribution >= 0.6 is 7.82 Å². The Morgan fingerprint density at radius 3 is 1.98 bits per heavy atom. The number of carbonyl (C=O) groups is 2. The number of rotatable bonds is 29. The maximum absolute atomic E-state index is 11.9. The topological polar surface area (TPSA) is 131 Å². The molecule has 3 N–H and O–H groups in total. The van der Waals surface area contributed by atoms with E-state index in [2.05, 4.69) is 31.3 Å². The van der Waals surface area contributed by atoms with Crippen LogP contribution in [-0.4, -0.2) is 54.3 Å². The number of esters is 1. The Labute approximate surface area is 243 Å². The second kappa shape index (κ2) is 27.9. The van der Waals surface area contributed by atoms with E-state index in [-0.39, 0.29) is 32.1 Å². The van der Waals surface area contributed by atoms with Gasteiger partial charge in [-0.05, 0) is 32.1 Å². The number of phosphoric acid groups is 1. The number of unbranched alkanes of at least 4 members (excludes halogenated alkanes) is 14. The molecule has 0 aromatic rings. The molecule has 2 unspecified atom stereocenters. The summed E-state index contributed by atoms with van der Waals surface area (Å²) in [6, 6.07) is 0. The quantitative estimate of drug-likeness (QED) is 0.0362. The highest BCUT2D eigenvalue weighted by Crippen LogP contribution is 2.42. The second-order valence-corrected chi connectivity index (χ2v) is 11.9. The Balaban J connectivity index is 3.68. The minimum atomic E-state index is -4.39. The zero-order valence-corrected chi connectivity index (χ0v) is 26.2. The van der Waals surface area contributed by atoms with Crippen molar-refractivity contribution in [2.75, 3.05) is 26.4 Å². The van der Waals surface area contributed by atoms with Gasteiger partial charge in [-0.15, -0.1) is 0 Å². The molecule has 0 aromatic carbocycles. The predicted molar refractivity (Wildman–Crippen MR) is 160 cm³/mol. The van der Waals surface area contributed by atoms with Crippen molar-refractivity contribution in [3.63, 3.8) is 0 Å². The van der Waals surface area contributed by atoms with Gasteiger partial charge in [0, 0.05) is 19.4 Å². The smallest absolute Gasteiger partial charge is 0.463 e. The third-order valence-corrected chi connectivity index (χ3v) is 7.41. The average Bonchev–Trinajstić information content (AvgIpc) is 2.93. The average molecular weight is 592 g/mol. The van der Waals surface area contributed by atoms with Crippen molar-refractivity contribution < 1.29 is 37.9 Å². The van der Waals surface area contributed by atoms with Crippen LogP contribution in [0.25, 0.3) is 0 Å². The van der Waals surface area contributed by atoms with E-state index in [1.165, 1.54) is 51.4 Å². The number of ether oxygens (including phenoxy) is 1. The number of amides is 1. The molecule has 0 aliphatic carbocycles. The lowest BCUT2D eigenvalue weighted by molar-refractivity contribution is -0.147. The molecular weight excluding hydrogens is 533 g/mol. The third kappa shape index (κ3) is 28.3. The summed E-state index contributed by atoms with van der Waals surface area (Å²) in [5.74, 6) is -0.532. The fourth-order valence-electron chi connectivity index (χ4n) is 4.03. The number of phosphoric ester groups is 1. The zero-order valence-electron chi connectivity index (χ0n) is 25.3. The summed E-state index contributed by atoms with van der Waals surface area (Å²) in [6.07, 6.45) is 23.0. The lowest BCUT2D eigenvalue weighted by atomic mass is 10.1. The number of hydrogen-bond donors (Lipinski definition) is 3. The molecular formula is C30H58NO8P. The molecule has 0 aromatic heterocycles. The zero-order chi connectivity index (χ0) is 29.7. The summed E-state index contributed by atoms with van der Waals surface area (Å²) in [6.45, 7) is 3.42. The van der Waals surface area contributed by atoms with Gasteiger partial charge in [-0.25, -0.2) is 4.57 Å². The van der Waals surface area contributed by atoms with Gasteiger partial charge in [0.05, 0.1) is 13.2 Å². The van der Waals surface area contributed by atoms with Gasteiger partial charge >= 0.3 is 13.8 Å². The van der Waals surface area contributed by atoms with E-state index >= 15 is 0 Å². The van der Waals surface area contributed by atoms with Crippen molar-refractivity contribution in [1.29, 1.82) is 0 Å². The van der Waals surface area contributed by atoms with E-state index < -0.39 is 26.5 Å². The van der Waals surface area contributed by atoms with Crippen molar-refractivity contribution in [2.24, 2.45) is 0 Å². The Bertz CT molecular complexity index is 689. The van der Waals surface area contributed by atoms with Crippen LogP contribution in [0.4, 0.5) is 0 Å². The fraction of sp³-hybridized carbons (Fsp3) is 0.867. The fourth-order valence-corrected chi connectivity index (χ4v) is 4.78. The number of aliphatic hydroxyl groups is 1. The summed E-state index contributed by atoms with van der Waals surface area (Å²) in [7, 11) is -4.39. The SMILES string of the molecule is CCC/C=C\CCCCCCCC(=O)NCCOP(=O)(O)OCC(O)COC(=O)CCCCCCCCCCC. The molecule has 1 amide bonds. The number of allylic oxidation sites excluding steroid dienone is 2. The first-order chi connectivity index (χ1) is 19.3. The van der Waals surface area contributed by atoms with E-state index in [1.54, 1.807) is 0 Å². The van der Waals surface area contributed by atoms with E-state index in [1.807, 2.05) is 0 Å². The highest BCUT2D eigenvalue weighted by atomic mass is 31.2. The van der Waals surface area contributed by atoms with Gasteiger partial charge in [-0.1, -0.05) is 103 Å². The molecule has 236 valence electrons. The van der Waals surface area contributed by atoms with Gasteiger partial charge in [0.15, 0.2) is 0 Å². The predicted octanol–water partition coefficient (Wildman–Crippen LogP) is 7.15. The lowest BCUT2D eigenvalue weighted by Crippen LogP contribution is -2.27. The van der Waals surface area contributed by atoms with Crippen molar-refractivity contribution >= 4 is 19.7 Å². The summed E-state index contributed by atoms with van der Waals surface area (Å²) in [5, 5.41) is 12.5. The molecule has 0 saturated carbocycles. The molecule has 0 radical (unpaired) electrons. The van der Waals surface area contributed by atoms with Crippen molar-refractivity contribution in [3.8, 4) is 0 Å². The van der Waals surface area contributed by atoms with Crippen LogP contribution in [0.2, 0.25) is 0 Å². The van der Waals surface area contributed by atoms with E-state index in [0.29, 0.717) is 6.42 Å². The van der Waals surface area contributed by atoms with Crippen molar-refractivity contribution in [3.05, 3.63) is 12.2 Å². The van der Waals surface area contributed by atoms with Gasteiger partial charge in [-0.3, -0.25) is 18.6 Å². The minimum absolute atomic E-state index is 0.0792. The largest absolute Gasteiger partial charge is 0.472 e. The maximum atomic E-state index is 11.9. The van der Waals surface area contributed by atoms with Crippen LogP contribution in [0.3, 0.4) is 0 Å². The van der Waals surface area contributed by atoms with Gasteiger partial charge in [0.25, 0.3) is 0 Å². The van der Waals surface area contributed by atoms with Crippen LogP contribution in [-0.2, 0) is 27.9 Å². The van der Waals surface area contributed by atoms with Crippen molar-refractivity contribution in [1.82, 2.24) is 5.32 Å². The van der Waals surface area contributed by atoms with Gasteiger partial charge in [0.2, 0.25) is 5.91 Å². The van der Waals surface area contributed by atoms with Crippen molar-refractivity contribution in [2.45, 2.75) is 142 Å². The Morgan fingerprint density at radius 2 is 1.32 bits per heavy atom. The summed E-state index contributed by atoms with van der Waals surface area (Å²) >= 11 is 0. The second-order valence-electron chi connectivity index (χ2n) is 10.4. The standard InChI is InChI=1S/C30H58NO8P/c1-3-5-7-9-11-13-15-16-18-20-22-29(33)31-24-25-38-40(35,36)39-27-28(32)26-37-30(34)23-21-19-17-14-12-10-8-6-4-2/h7,9,28,32H,3-6,8,10-27H2,1-2H3,(H,31,33)(H,35,36)/b9-7-. The third-order valence-electron chi connectivity index (χ3n) is 6.43. The highest BCUT2D eigenvalue weighted by Gasteiger charge is 2.23. The summed E-state index contributed by atoms with van der Waals surface area (Å²) < 4.78 is 26.5. The molecule has 10 heteroatoms. The minimum Gasteiger partial charge on any atom is -0.463 e. The lowest BCUT2D eigenvalue weighted by Gasteiger charge is -2.15. The van der Waals surface area contributed by atoms with Crippen LogP contribution < -0.4 is 5.32 Å². The molecule has 0 bridgehead atoms. The van der Waals surface area contributed by atoms with Crippen LogP contribution in [0, 0.1) is 0 Å². The van der Waals surface area contributed by atoms with E-state index in [9.17, 15) is 24.2 Å². The molecule has 0 spiro atoms. The molecule has 0 rings (SSSR count). The summed E-state index contributed by atoms with van der Waals surface area (Å²) in [5.41, 5.74) is 0. The Morgan fingerprint density at radius 1 is 0.750 bits per heavy atom. The number of nitrogens with one attached hydrogen (secondary N) is 1. The van der Waals surface area contributed by atoms with Crippen LogP contribution in [0.15, 0.2) is 12.2 Å². The maximum Gasteiger partial charge on any atom is 0.472 e. The van der Waals surface area contributed by atoms with Crippen LogP contribution in [0.5, 0.6) is 0 Å². The van der Waals surface area contributed by atoms with Crippen LogP contribution in [0.1, 0.15) is 136 Å². The normalized spacial score (nSPS) is 13.8. The molecule has 0 saturated heterocycles. The number of hydrogen-bond acceptors (Lipinski definition) is 7. The van der Waals surface area contributed by atoms with Gasteiger partial charge in [0.1, 0.15) is 12.7 Å². The molecule has 2 atom stereocenters. The number of carbonyl (C=O) groups excluding carboxylic acids is 2. The molecule has 0 aliphatic heterocycles.